The van der Waals surface area contributed by atoms with Gasteiger partial charge >= 0.3 is 5.91 Å². The maximum absolute atomic E-state index is 13.6. The lowest BCUT2D eigenvalue weighted by Crippen LogP contribution is -2.50. The molecule has 0 heterocycles. The van der Waals surface area contributed by atoms with E-state index in [0.717, 1.165) is 36.8 Å². The Bertz CT molecular complexity index is 1290. The number of carbonyl (C=O) groups is 2. The van der Waals surface area contributed by atoms with Crippen molar-refractivity contribution in [1.82, 2.24) is 11.1 Å². The number of rotatable bonds is 16. The van der Waals surface area contributed by atoms with E-state index in [4.69, 9.17) is 15.2 Å². The second-order valence-corrected chi connectivity index (χ2v) is 14.8. The van der Waals surface area contributed by atoms with Gasteiger partial charge in [-0.05, 0) is 77.0 Å². The van der Waals surface area contributed by atoms with Crippen LogP contribution in [0.15, 0.2) is 36.4 Å². The molecule has 0 saturated heterocycles. The molecule has 1 radical (unpaired) electrons. The summed E-state index contributed by atoms with van der Waals surface area (Å²) >= 11 is 0. The summed E-state index contributed by atoms with van der Waals surface area (Å²) in [6.45, 7) is 28.0. The van der Waals surface area contributed by atoms with Gasteiger partial charge in [-0.25, -0.2) is 0 Å². The van der Waals surface area contributed by atoms with Crippen molar-refractivity contribution in [3.63, 3.8) is 0 Å². The van der Waals surface area contributed by atoms with Gasteiger partial charge in [0.05, 0.1) is 0 Å². The standard InChI is InChI=1S/C38H59N2O4/c1-14-29(43-30-21-19-25(35(6,7)15-2)23-27(30)37(10,11)17-4)33(42)40-34(32(39)41)44-31-22-20-26(36(8,9)16-3)24-28(31)38(12,13)18-5/h19-24,29,34,39H,14-18H2,1-13H3,(H,40,42). The molecule has 2 N–H and O–H groups in total. The lowest BCUT2D eigenvalue weighted by molar-refractivity contribution is -0.137. The van der Waals surface area contributed by atoms with Crippen molar-refractivity contribution in [2.45, 2.75) is 156 Å². The van der Waals surface area contributed by atoms with Crippen LogP contribution in [0.25, 0.3) is 0 Å². The Hall–Kier alpha value is -3.02. The van der Waals surface area contributed by atoms with Crippen LogP contribution in [-0.2, 0) is 31.2 Å². The van der Waals surface area contributed by atoms with Crippen LogP contribution in [0.5, 0.6) is 11.5 Å². The van der Waals surface area contributed by atoms with Crippen LogP contribution < -0.4 is 20.5 Å². The zero-order chi connectivity index (χ0) is 33.7. The fourth-order valence-corrected chi connectivity index (χ4v) is 4.93. The summed E-state index contributed by atoms with van der Waals surface area (Å²) in [6.07, 6.45) is 1.77. The van der Waals surface area contributed by atoms with Gasteiger partial charge in [0.1, 0.15) is 11.5 Å². The molecule has 0 aliphatic carbocycles. The average molecular weight is 608 g/mol. The first kappa shape index (κ1) is 37.2. The van der Waals surface area contributed by atoms with Crippen molar-refractivity contribution < 1.29 is 19.1 Å². The second-order valence-electron chi connectivity index (χ2n) is 14.8. The first-order valence-electron chi connectivity index (χ1n) is 16.5. The third kappa shape index (κ3) is 8.57. The van der Waals surface area contributed by atoms with E-state index in [0.29, 0.717) is 17.9 Å². The second kappa shape index (κ2) is 14.4. The molecule has 2 aromatic rings. The third-order valence-corrected chi connectivity index (χ3v) is 10.2. The molecule has 0 aliphatic heterocycles. The van der Waals surface area contributed by atoms with Gasteiger partial charge in [-0.15, -0.1) is 0 Å². The van der Waals surface area contributed by atoms with Crippen molar-refractivity contribution in [1.29, 1.82) is 0 Å². The lowest BCUT2D eigenvalue weighted by atomic mass is 9.76. The highest BCUT2D eigenvalue weighted by Gasteiger charge is 2.33. The van der Waals surface area contributed by atoms with Gasteiger partial charge in [-0.2, -0.15) is 0 Å². The van der Waals surface area contributed by atoms with Crippen LogP contribution in [0, 0.1) is 0 Å². The summed E-state index contributed by atoms with van der Waals surface area (Å²) in [5.74, 6) is -0.361. The first-order valence-corrected chi connectivity index (χ1v) is 16.5. The number of carbonyl (C=O) groups excluding carboxylic acids is 2. The summed E-state index contributed by atoms with van der Waals surface area (Å²) < 4.78 is 12.5. The SMILES string of the molecule is CCC(Oc1ccc(C(C)(C)CC)cc1C(C)(C)CC)C(=O)NC(Oc1ccc(C(C)(C)CC)cc1C(C)(C)CC)C([NH])=O. The van der Waals surface area contributed by atoms with E-state index in [1.807, 2.05) is 25.1 Å². The highest BCUT2D eigenvalue weighted by molar-refractivity contribution is 5.87. The Balaban J connectivity index is 2.44. The third-order valence-electron chi connectivity index (χ3n) is 10.2. The zero-order valence-electron chi connectivity index (χ0n) is 29.8. The van der Waals surface area contributed by atoms with Crippen LogP contribution in [0.4, 0.5) is 0 Å². The van der Waals surface area contributed by atoms with Gasteiger partial charge in [-0.3, -0.25) is 15.3 Å². The summed E-state index contributed by atoms with van der Waals surface area (Å²) in [5, 5.41) is 2.68. The molecule has 6 nitrogen and oxygen atoms in total. The van der Waals surface area contributed by atoms with E-state index in [2.05, 4.69) is 107 Å². The Kier molecular flexibility index (Phi) is 12.2. The topological polar surface area (TPSA) is 88.4 Å². The smallest absolute Gasteiger partial charge is 0.300 e. The molecule has 2 atom stereocenters. The molecule has 0 saturated carbocycles. The van der Waals surface area contributed by atoms with Gasteiger partial charge in [0.25, 0.3) is 12.1 Å². The van der Waals surface area contributed by atoms with Crippen molar-refractivity contribution in [3.05, 3.63) is 58.7 Å². The minimum Gasteiger partial charge on any atom is -0.480 e. The molecule has 2 amide bonds. The predicted octanol–water partition coefficient (Wildman–Crippen LogP) is 8.93. The average Bonchev–Trinajstić information content (AvgIpc) is 2.99. The fraction of sp³-hybridized carbons (Fsp3) is 0.632. The Morgan fingerprint density at radius 2 is 1.05 bits per heavy atom. The van der Waals surface area contributed by atoms with Crippen LogP contribution in [0.1, 0.15) is 144 Å². The first-order chi connectivity index (χ1) is 20.3. The Morgan fingerprint density at radius 1 is 0.659 bits per heavy atom. The maximum Gasteiger partial charge on any atom is 0.300 e. The van der Waals surface area contributed by atoms with Gasteiger partial charge in [0.15, 0.2) is 6.10 Å². The number of hydrogen-bond donors (Lipinski definition) is 1. The predicted molar refractivity (Wildman–Crippen MR) is 182 cm³/mol. The van der Waals surface area contributed by atoms with Gasteiger partial charge < -0.3 is 14.8 Å². The molecule has 0 spiro atoms. The largest absolute Gasteiger partial charge is 0.480 e. The number of nitrogens with one attached hydrogen (secondary N) is 2. The van der Waals surface area contributed by atoms with Crippen molar-refractivity contribution >= 4 is 11.8 Å². The van der Waals surface area contributed by atoms with Gasteiger partial charge in [-0.1, -0.05) is 114 Å². The molecule has 245 valence electrons. The van der Waals surface area contributed by atoms with E-state index >= 15 is 0 Å². The Labute approximate surface area is 267 Å². The molecule has 6 heteroatoms. The fourth-order valence-electron chi connectivity index (χ4n) is 4.93. The van der Waals surface area contributed by atoms with Crippen molar-refractivity contribution in [2.24, 2.45) is 0 Å². The maximum atomic E-state index is 13.6. The molecule has 0 fully saturated rings. The van der Waals surface area contributed by atoms with Crippen LogP contribution in [-0.4, -0.2) is 24.1 Å². The van der Waals surface area contributed by atoms with E-state index in [-0.39, 0.29) is 21.7 Å². The molecule has 0 aliphatic rings. The molecule has 2 aromatic carbocycles. The van der Waals surface area contributed by atoms with Crippen molar-refractivity contribution in [3.8, 4) is 11.5 Å². The molecular weight excluding hydrogens is 548 g/mol. The minimum absolute atomic E-state index is 0.00731. The molecular formula is C38H59N2O4. The molecule has 2 rings (SSSR count). The monoisotopic (exact) mass is 607 g/mol. The van der Waals surface area contributed by atoms with E-state index < -0.39 is 24.1 Å². The summed E-state index contributed by atoms with van der Waals surface area (Å²) in [7, 11) is 0. The summed E-state index contributed by atoms with van der Waals surface area (Å²) in [6, 6.07) is 12.3. The minimum atomic E-state index is -1.46. The van der Waals surface area contributed by atoms with E-state index in [9.17, 15) is 9.59 Å². The highest BCUT2D eigenvalue weighted by Crippen LogP contribution is 2.40. The lowest BCUT2D eigenvalue weighted by Gasteiger charge is -2.32. The van der Waals surface area contributed by atoms with E-state index in [1.54, 1.807) is 0 Å². The summed E-state index contributed by atoms with van der Waals surface area (Å²) in [4.78, 5) is 26.1. The Morgan fingerprint density at radius 3 is 1.39 bits per heavy atom. The van der Waals surface area contributed by atoms with E-state index in [1.165, 1.54) is 11.1 Å². The molecule has 44 heavy (non-hydrogen) atoms. The number of benzene rings is 2. The van der Waals surface area contributed by atoms with Crippen molar-refractivity contribution in [2.75, 3.05) is 0 Å². The number of hydrogen-bond acceptors (Lipinski definition) is 4. The molecule has 0 aromatic heterocycles. The molecule has 2 unspecified atom stereocenters. The highest BCUT2D eigenvalue weighted by atomic mass is 16.5. The van der Waals surface area contributed by atoms with Crippen LogP contribution >= 0.6 is 0 Å². The van der Waals surface area contributed by atoms with Gasteiger partial charge in [0.2, 0.25) is 0 Å². The summed E-state index contributed by atoms with van der Waals surface area (Å²) in [5.41, 5.74) is 11.9. The normalized spacial score (nSPS) is 14.1. The van der Waals surface area contributed by atoms with Gasteiger partial charge in [0, 0.05) is 11.1 Å². The molecule has 0 bridgehead atoms. The van der Waals surface area contributed by atoms with Crippen LogP contribution in [0.3, 0.4) is 0 Å². The van der Waals surface area contributed by atoms with Crippen LogP contribution in [0.2, 0.25) is 0 Å². The zero-order valence-corrected chi connectivity index (χ0v) is 29.8. The number of ether oxygens (including phenoxy) is 2. The quantitative estimate of drug-likeness (QED) is 0.193. The number of amides is 2.